The van der Waals surface area contributed by atoms with Crippen molar-refractivity contribution in [3.8, 4) is 11.3 Å². The fourth-order valence-electron chi connectivity index (χ4n) is 2.96. The Hall–Kier alpha value is -2.39. The number of morpholine rings is 1. The molecule has 110 valence electrons. The third-order valence-corrected chi connectivity index (χ3v) is 4.10. The number of rotatable bonds is 2. The summed E-state index contributed by atoms with van der Waals surface area (Å²) in [6, 6.07) is 21.0. The third-order valence-electron chi connectivity index (χ3n) is 4.10. The molecule has 1 aliphatic heterocycles. The minimum absolute atomic E-state index is 0.779. The Morgan fingerprint density at radius 3 is 2.41 bits per heavy atom. The SMILES string of the molecule is c1ccc(-c2nc3ccccc3cc2N2CCOCC2)cc1. The predicted octanol–water partition coefficient (Wildman–Crippen LogP) is 3.74. The molecule has 22 heavy (non-hydrogen) atoms. The van der Waals surface area contributed by atoms with Crippen LogP contribution in [0, 0.1) is 0 Å². The van der Waals surface area contributed by atoms with Crippen LogP contribution in [0.25, 0.3) is 22.2 Å². The lowest BCUT2D eigenvalue weighted by molar-refractivity contribution is 0.122. The van der Waals surface area contributed by atoms with E-state index in [0.717, 1.165) is 43.1 Å². The van der Waals surface area contributed by atoms with Crippen LogP contribution in [0.3, 0.4) is 0 Å². The number of benzene rings is 2. The highest BCUT2D eigenvalue weighted by Gasteiger charge is 2.17. The first-order valence-electron chi connectivity index (χ1n) is 7.70. The Kier molecular flexibility index (Phi) is 3.49. The Labute approximate surface area is 130 Å². The number of hydrogen-bond donors (Lipinski definition) is 0. The molecule has 1 saturated heterocycles. The summed E-state index contributed by atoms with van der Waals surface area (Å²) in [5.41, 5.74) is 4.46. The molecule has 1 fully saturated rings. The fraction of sp³-hybridized carbons (Fsp3) is 0.211. The lowest BCUT2D eigenvalue weighted by atomic mass is 10.1. The van der Waals surface area contributed by atoms with Gasteiger partial charge in [0.15, 0.2) is 0 Å². The second kappa shape index (κ2) is 5.78. The van der Waals surface area contributed by atoms with Gasteiger partial charge in [-0.1, -0.05) is 48.5 Å². The monoisotopic (exact) mass is 290 g/mol. The molecule has 0 aliphatic carbocycles. The summed E-state index contributed by atoms with van der Waals surface area (Å²) in [6.07, 6.45) is 0. The summed E-state index contributed by atoms with van der Waals surface area (Å²) in [4.78, 5) is 7.32. The van der Waals surface area contributed by atoms with E-state index >= 15 is 0 Å². The second-order valence-electron chi connectivity index (χ2n) is 5.51. The normalized spacial score (nSPS) is 15.2. The van der Waals surface area contributed by atoms with Gasteiger partial charge in [-0.15, -0.1) is 0 Å². The molecule has 0 saturated carbocycles. The van der Waals surface area contributed by atoms with Gasteiger partial charge in [0.05, 0.1) is 30.1 Å². The van der Waals surface area contributed by atoms with Crippen LogP contribution in [0.15, 0.2) is 60.7 Å². The van der Waals surface area contributed by atoms with Gasteiger partial charge in [-0.05, 0) is 12.1 Å². The zero-order chi connectivity index (χ0) is 14.8. The number of para-hydroxylation sites is 1. The van der Waals surface area contributed by atoms with Crippen molar-refractivity contribution in [2.24, 2.45) is 0 Å². The first-order valence-corrected chi connectivity index (χ1v) is 7.70. The molecule has 0 N–H and O–H groups in total. The quantitative estimate of drug-likeness (QED) is 0.719. The average molecular weight is 290 g/mol. The van der Waals surface area contributed by atoms with Gasteiger partial charge in [0, 0.05) is 24.0 Å². The van der Waals surface area contributed by atoms with E-state index in [9.17, 15) is 0 Å². The number of anilines is 1. The van der Waals surface area contributed by atoms with E-state index in [4.69, 9.17) is 9.72 Å². The maximum absolute atomic E-state index is 5.49. The Morgan fingerprint density at radius 1 is 0.864 bits per heavy atom. The van der Waals surface area contributed by atoms with Crippen LogP contribution in [0.5, 0.6) is 0 Å². The lowest BCUT2D eigenvalue weighted by Gasteiger charge is -2.30. The van der Waals surface area contributed by atoms with Crippen molar-refractivity contribution in [2.45, 2.75) is 0 Å². The first kappa shape index (κ1) is 13.3. The van der Waals surface area contributed by atoms with Gasteiger partial charge in [0.25, 0.3) is 0 Å². The Morgan fingerprint density at radius 2 is 1.59 bits per heavy atom. The highest BCUT2D eigenvalue weighted by molar-refractivity contribution is 5.89. The molecule has 1 aromatic heterocycles. The minimum atomic E-state index is 0.779. The molecule has 3 heteroatoms. The smallest absolute Gasteiger partial charge is 0.0943 e. The van der Waals surface area contributed by atoms with Gasteiger partial charge < -0.3 is 9.64 Å². The van der Waals surface area contributed by atoms with E-state index in [1.807, 2.05) is 12.1 Å². The van der Waals surface area contributed by atoms with Crippen molar-refractivity contribution in [3.63, 3.8) is 0 Å². The lowest BCUT2D eigenvalue weighted by Crippen LogP contribution is -2.36. The zero-order valence-electron chi connectivity index (χ0n) is 12.4. The molecule has 0 unspecified atom stereocenters. The minimum Gasteiger partial charge on any atom is -0.378 e. The van der Waals surface area contributed by atoms with Crippen LogP contribution in [0.2, 0.25) is 0 Å². The highest BCUT2D eigenvalue weighted by atomic mass is 16.5. The van der Waals surface area contributed by atoms with E-state index in [1.165, 1.54) is 11.1 Å². The van der Waals surface area contributed by atoms with Gasteiger partial charge in [0.1, 0.15) is 0 Å². The summed E-state index contributed by atoms with van der Waals surface area (Å²) in [5, 5.41) is 1.18. The molecule has 0 radical (unpaired) electrons. The molecular weight excluding hydrogens is 272 g/mol. The number of aromatic nitrogens is 1. The first-order chi connectivity index (χ1) is 10.9. The van der Waals surface area contributed by atoms with Gasteiger partial charge in [0.2, 0.25) is 0 Å². The van der Waals surface area contributed by atoms with E-state index in [0.29, 0.717) is 0 Å². The van der Waals surface area contributed by atoms with Crippen LogP contribution >= 0.6 is 0 Å². The summed E-state index contributed by atoms with van der Waals surface area (Å²) >= 11 is 0. The molecule has 2 aromatic carbocycles. The number of fused-ring (bicyclic) bond motifs is 1. The molecule has 2 heterocycles. The Balaban J connectivity index is 1.91. The number of ether oxygens (including phenoxy) is 1. The Bertz CT molecular complexity index is 780. The van der Waals surface area contributed by atoms with Crippen molar-refractivity contribution < 1.29 is 4.74 Å². The van der Waals surface area contributed by atoms with Crippen molar-refractivity contribution in [1.82, 2.24) is 4.98 Å². The van der Waals surface area contributed by atoms with E-state index in [1.54, 1.807) is 0 Å². The number of nitrogens with zero attached hydrogens (tertiary/aromatic N) is 2. The van der Waals surface area contributed by atoms with Crippen molar-refractivity contribution in [1.29, 1.82) is 0 Å². The topological polar surface area (TPSA) is 25.4 Å². The van der Waals surface area contributed by atoms with Crippen molar-refractivity contribution in [3.05, 3.63) is 60.7 Å². The number of hydrogen-bond acceptors (Lipinski definition) is 3. The van der Waals surface area contributed by atoms with Gasteiger partial charge in [-0.2, -0.15) is 0 Å². The second-order valence-corrected chi connectivity index (χ2v) is 5.51. The maximum atomic E-state index is 5.49. The fourth-order valence-corrected chi connectivity index (χ4v) is 2.96. The van der Waals surface area contributed by atoms with Gasteiger partial charge in [-0.3, -0.25) is 0 Å². The van der Waals surface area contributed by atoms with E-state index in [-0.39, 0.29) is 0 Å². The molecule has 3 nitrogen and oxygen atoms in total. The van der Waals surface area contributed by atoms with Gasteiger partial charge in [-0.25, -0.2) is 4.98 Å². The molecule has 0 amide bonds. The summed E-state index contributed by atoms with van der Waals surface area (Å²) in [7, 11) is 0. The van der Waals surface area contributed by atoms with Crippen LogP contribution in [0.1, 0.15) is 0 Å². The maximum Gasteiger partial charge on any atom is 0.0943 e. The van der Waals surface area contributed by atoms with Crippen LogP contribution in [-0.4, -0.2) is 31.3 Å². The average Bonchev–Trinajstić information content (AvgIpc) is 2.62. The van der Waals surface area contributed by atoms with E-state index < -0.39 is 0 Å². The van der Waals surface area contributed by atoms with Crippen LogP contribution < -0.4 is 4.90 Å². The van der Waals surface area contributed by atoms with Gasteiger partial charge >= 0.3 is 0 Å². The van der Waals surface area contributed by atoms with Crippen molar-refractivity contribution >= 4 is 16.6 Å². The van der Waals surface area contributed by atoms with Crippen LogP contribution in [0.4, 0.5) is 5.69 Å². The number of pyridine rings is 1. The summed E-state index contributed by atoms with van der Waals surface area (Å²) < 4.78 is 5.49. The molecule has 0 spiro atoms. The molecule has 0 bridgehead atoms. The summed E-state index contributed by atoms with van der Waals surface area (Å²) in [6.45, 7) is 3.39. The van der Waals surface area contributed by atoms with E-state index in [2.05, 4.69) is 53.4 Å². The predicted molar refractivity (Wildman–Crippen MR) is 90.2 cm³/mol. The van der Waals surface area contributed by atoms with Crippen molar-refractivity contribution in [2.75, 3.05) is 31.2 Å². The molecule has 1 aliphatic rings. The highest BCUT2D eigenvalue weighted by Crippen LogP contribution is 2.32. The third kappa shape index (κ3) is 2.44. The standard InChI is InChI=1S/C19H18N2O/c1-2-6-15(7-3-1)19-18(21-10-12-22-13-11-21)14-16-8-4-5-9-17(16)20-19/h1-9,14H,10-13H2. The molecule has 0 atom stereocenters. The largest absolute Gasteiger partial charge is 0.378 e. The van der Waals surface area contributed by atoms with Crippen LogP contribution in [-0.2, 0) is 4.74 Å². The zero-order valence-corrected chi connectivity index (χ0v) is 12.4. The molecule has 4 rings (SSSR count). The summed E-state index contributed by atoms with van der Waals surface area (Å²) in [5.74, 6) is 0. The molecular formula is C19H18N2O. The molecule has 3 aromatic rings.